The zero-order chi connectivity index (χ0) is 20.8. The largest absolute Gasteiger partial charge is 0.497 e. The summed E-state index contributed by atoms with van der Waals surface area (Å²) in [4.78, 5) is 25.3. The molecule has 1 heterocycles. The molecule has 0 saturated carbocycles. The highest BCUT2D eigenvalue weighted by molar-refractivity contribution is 5.75. The number of methoxy groups -OCH3 is 1. The number of amides is 1. The first-order valence-corrected chi connectivity index (χ1v) is 9.29. The molecule has 0 aliphatic carbocycles. The molecule has 0 radical (unpaired) electrons. The van der Waals surface area contributed by atoms with Crippen molar-refractivity contribution in [3.05, 3.63) is 76.5 Å². The van der Waals surface area contributed by atoms with Gasteiger partial charge in [0.05, 0.1) is 18.9 Å². The Morgan fingerprint density at radius 2 is 1.86 bits per heavy atom. The molecule has 2 aromatic carbocycles. The predicted octanol–water partition coefficient (Wildman–Crippen LogP) is 1.13. The van der Waals surface area contributed by atoms with Gasteiger partial charge in [-0.2, -0.15) is 4.68 Å². The zero-order valence-corrected chi connectivity index (χ0v) is 16.4. The summed E-state index contributed by atoms with van der Waals surface area (Å²) in [6, 6.07) is 16.6. The van der Waals surface area contributed by atoms with E-state index in [0.717, 1.165) is 5.56 Å². The van der Waals surface area contributed by atoms with Gasteiger partial charge in [0.25, 0.3) is 0 Å². The summed E-state index contributed by atoms with van der Waals surface area (Å²) in [5.41, 5.74) is 1.14. The van der Waals surface area contributed by atoms with Crippen molar-refractivity contribution in [3.8, 4) is 11.4 Å². The Kier molecular flexibility index (Phi) is 6.46. The molecule has 8 heteroatoms. The summed E-state index contributed by atoms with van der Waals surface area (Å²) < 4.78 is 7.79. The zero-order valence-electron chi connectivity index (χ0n) is 16.4. The van der Waals surface area contributed by atoms with E-state index in [-0.39, 0.29) is 19.0 Å². The second-order valence-corrected chi connectivity index (χ2v) is 6.71. The van der Waals surface area contributed by atoms with Gasteiger partial charge >= 0.3 is 5.69 Å². The Morgan fingerprint density at radius 1 is 1.17 bits per heavy atom. The summed E-state index contributed by atoms with van der Waals surface area (Å²) in [6.45, 7) is 1.52. The summed E-state index contributed by atoms with van der Waals surface area (Å²) in [7, 11) is 1.57. The number of hydrogen-bond donors (Lipinski definition) is 2. The lowest BCUT2D eigenvalue weighted by Gasteiger charge is -2.08. The number of hydrogen-bond acceptors (Lipinski definition) is 5. The first-order valence-electron chi connectivity index (χ1n) is 9.29. The molecule has 1 amide bonds. The number of rotatable bonds is 8. The van der Waals surface area contributed by atoms with Crippen LogP contribution in [0, 0.1) is 0 Å². The van der Waals surface area contributed by atoms with Gasteiger partial charge < -0.3 is 15.2 Å². The van der Waals surface area contributed by atoms with Crippen LogP contribution in [0.3, 0.4) is 0 Å². The molecule has 3 aromatic rings. The van der Waals surface area contributed by atoms with E-state index >= 15 is 0 Å². The number of nitrogens with one attached hydrogen (secondary N) is 1. The van der Waals surface area contributed by atoms with Gasteiger partial charge in [-0.1, -0.05) is 30.3 Å². The lowest BCUT2D eigenvalue weighted by molar-refractivity contribution is -0.122. The first kappa shape index (κ1) is 20.3. The molecule has 1 unspecified atom stereocenters. The van der Waals surface area contributed by atoms with Crippen molar-refractivity contribution in [1.82, 2.24) is 19.7 Å². The summed E-state index contributed by atoms with van der Waals surface area (Å²) in [6.07, 6.45) is -0.260. The smallest absolute Gasteiger partial charge is 0.351 e. The minimum Gasteiger partial charge on any atom is -0.497 e. The third-order valence-electron chi connectivity index (χ3n) is 4.36. The Hall–Kier alpha value is -3.39. The highest BCUT2D eigenvalue weighted by Gasteiger charge is 2.18. The monoisotopic (exact) mass is 396 g/mol. The minimum atomic E-state index is -0.665. The van der Waals surface area contributed by atoms with Crippen LogP contribution in [-0.2, 0) is 17.8 Å². The second-order valence-electron chi connectivity index (χ2n) is 6.71. The van der Waals surface area contributed by atoms with Gasteiger partial charge in [-0.15, -0.1) is 5.10 Å². The molecule has 29 heavy (non-hydrogen) atoms. The van der Waals surface area contributed by atoms with Crippen molar-refractivity contribution in [2.75, 3.05) is 13.7 Å². The number of aromatic nitrogens is 3. The molecule has 1 aromatic heterocycles. The van der Waals surface area contributed by atoms with Gasteiger partial charge in [-0.05, 0) is 36.8 Å². The van der Waals surface area contributed by atoms with Crippen molar-refractivity contribution >= 4 is 5.91 Å². The molecule has 0 aliphatic rings. The first-order chi connectivity index (χ1) is 14.0. The van der Waals surface area contributed by atoms with Gasteiger partial charge in [0, 0.05) is 13.0 Å². The number of carbonyl (C=O) groups excluding carboxylic acids is 1. The fraction of sp³-hybridized carbons (Fsp3) is 0.286. The summed E-state index contributed by atoms with van der Waals surface area (Å²) in [5, 5.41) is 16.4. The Balaban J connectivity index is 1.95. The van der Waals surface area contributed by atoms with Gasteiger partial charge in [0.15, 0.2) is 0 Å². The van der Waals surface area contributed by atoms with Crippen molar-refractivity contribution < 1.29 is 14.6 Å². The number of aliphatic hydroxyl groups is 1. The maximum absolute atomic E-state index is 13.0. The molecule has 0 saturated heterocycles. The van der Waals surface area contributed by atoms with Gasteiger partial charge in [-0.25, -0.2) is 4.79 Å². The molecule has 3 rings (SSSR count). The molecule has 0 spiro atoms. The molecule has 8 nitrogen and oxygen atoms in total. The van der Waals surface area contributed by atoms with E-state index in [1.54, 1.807) is 38.3 Å². The van der Waals surface area contributed by atoms with E-state index in [0.29, 0.717) is 23.7 Å². The van der Waals surface area contributed by atoms with Crippen LogP contribution in [0.15, 0.2) is 59.4 Å². The molecule has 152 valence electrons. The topological polar surface area (TPSA) is 98.4 Å². The Labute approximate surface area is 168 Å². The maximum Gasteiger partial charge on any atom is 0.351 e. The molecule has 2 N–H and O–H groups in total. The average molecular weight is 396 g/mol. The predicted molar refractivity (Wildman–Crippen MR) is 108 cm³/mol. The third-order valence-corrected chi connectivity index (χ3v) is 4.36. The van der Waals surface area contributed by atoms with Crippen LogP contribution in [-0.4, -0.2) is 45.1 Å². The van der Waals surface area contributed by atoms with Crippen LogP contribution < -0.4 is 15.7 Å². The van der Waals surface area contributed by atoms with E-state index in [1.807, 2.05) is 30.3 Å². The number of carbonyl (C=O) groups is 1. The maximum atomic E-state index is 13.0. The molecular weight excluding hydrogens is 372 g/mol. The fourth-order valence-electron chi connectivity index (χ4n) is 2.86. The average Bonchev–Trinajstić information content (AvgIpc) is 3.02. The van der Waals surface area contributed by atoms with Crippen LogP contribution in [0.5, 0.6) is 5.75 Å². The van der Waals surface area contributed by atoms with Crippen LogP contribution in [0.25, 0.3) is 5.69 Å². The highest BCUT2D eigenvalue weighted by Crippen LogP contribution is 2.14. The highest BCUT2D eigenvalue weighted by atomic mass is 16.5. The van der Waals surface area contributed by atoms with Crippen LogP contribution in [0.2, 0.25) is 0 Å². The molecule has 0 aliphatic heterocycles. The van der Waals surface area contributed by atoms with Gasteiger partial charge in [-0.3, -0.25) is 9.36 Å². The van der Waals surface area contributed by atoms with Crippen LogP contribution in [0.4, 0.5) is 0 Å². The fourth-order valence-corrected chi connectivity index (χ4v) is 2.86. The lowest BCUT2D eigenvalue weighted by atomic mass is 10.1. The van der Waals surface area contributed by atoms with Crippen LogP contribution >= 0.6 is 0 Å². The normalized spacial score (nSPS) is 11.8. The minimum absolute atomic E-state index is 0.119. The van der Waals surface area contributed by atoms with Gasteiger partial charge in [0.1, 0.15) is 18.1 Å². The third kappa shape index (κ3) is 5.11. The van der Waals surface area contributed by atoms with E-state index in [1.165, 1.54) is 9.25 Å². The SMILES string of the molecule is COc1ccc(-n2nc(Cc3ccccc3)n(CC(=O)NCC(C)O)c2=O)cc1. The van der Waals surface area contributed by atoms with Crippen molar-refractivity contribution in [1.29, 1.82) is 0 Å². The van der Waals surface area contributed by atoms with E-state index in [9.17, 15) is 14.7 Å². The standard InChI is InChI=1S/C21H24N4O4/c1-15(26)13-22-20(27)14-24-19(12-16-6-4-3-5-7-16)23-25(21(24)28)17-8-10-18(29-2)11-9-17/h3-11,15,26H,12-14H2,1-2H3,(H,22,27). The molecular formula is C21H24N4O4. The number of ether oxygens (including phenoxy) is 1. The van der Waals surface area contributed by atoms with E-state index in [4.69, 9.17) is 4.74 Å². The number of benzene rings is 2. The Morgan fingerprint density at radius 3 is 2.48 bits per heavy atom. The Bertz CT molecular complexity index is 1010. The van der Waals surface area contributed by atoms with Crippen molar-refractivity contribution in [3.63, 3.8) is 0 Å². The molecule has 1 atom stereocenters. The van der Waals surface area contributed by atoms with E-state index in [2.05, 4.69) is 10.4 Å². The molecule has 0 bridgehead atoms. The van der Waals surface area contributed by atoms with Gasteiger partial charge in [0.2, 0.25) is 5.91 Å². The van der Waals surface area contributed by atoms with E-state index < -0.39 is 11.8 Å². The van der Waals surface area contributed by atoms with Crippen LogP contribution in [0.1, 0.15) is 18.3 Å². The van der Waals surface area contributed by atoms with Crippen molar-refractivity contribution in [2.45, 2.75) is 26.0 Å². The lowest BCUT2D eigenvalue weighted by Crippen LogP contribution is -2.36. The quantitative estimate of drug-likeness (QED) is 0.595. The number of aliphatic hydroxyl groups excluding tert-OH is 1. The molecule has 0 fully saturated rings. The second kappa shape index (κ2) is 9.20. The summed E-state index contributed by atoms with van der Waals surface area (Å²) >= 11 is 0. The summed E-state index contributed by atoms with van der Waals surface area (Å²) in [5.74, 6) is 0.782. The van der Waals surface area contributed by atoms with Crippen molar-refractivity contribution in [2.24, 2.45) is 0 Å². The number of nitrogens with zero attached hydrogens (tertiary/aromatic N) is 3.